The summed E-state index contributed by atoms with van der Waals surface area (Å²) in [6.07, 6.45) is 0. The topological polar surface area (TPSA) is 112 Å². The van der Waals surface area contributed by atoms with Crippen molar-refractivity contribution >= 4 is 11.6 Å². The monoisotopic (exact) mass is 384 g/mol. The minimum Gasteiger partial charge on any atom is -0.479 e. The second kappa shape index (κ2) is 7.95. The number of hydrogen-bond acceptors (Lipinski definition) is 6. The molecule has 0 spiro atoms. The number of furan rings is 1. The number of ether oxygens (including phenoxy) is 1. The van der Waals surface area contributed by atoms with E-state index in [2.05, 4.69) is 10.4 Å². The predicted molar refractivity (Wildman–Crippen MR) is 100.0 cm³/mol. The maximum Gasteiger partial charge on any atom is 0.311 e. The highest BCUT2D eigenvalue weighted by molar-refractivity contribution is 5.91. The predicted octanol–water partition coefficient (Wildman–Crippen LogP) is 3.05. The molecule has 0 unspecified atom stereocenters. The lowest BCUT2D eigenvalue weighted by Crippen LogP contribution is -2.23. The number of nitro benzene ring substituents is 1. The van der Waals surface area contributed by atoms with Gasteiger partial charge in [-0.05, 0) is 43.7 Å². The number of carbonyl (C=O) groups is 1. The minimum absolute atomic E-state index is 0.0297. The maximum absolute atomic E-state index is 12.2. The van der Waals surface area contributed by atoms with Gasteiger partial charge >= 0.3 is 5.69 Å². The number of nitrogens with zero attached hydrogens (tertiary/aromatic N) is 3. The van der Waals surface area contributed by atoms with E-state index in [1.54, 1.807) is 36.9 Å². The van der Waals surface area contributed by atoms with Crippen LogP contribution in [-0.4, -0.2) is 20.6 Å². The number of benzene rings is 1. The molecule has 0 aliphatic carbocycles. The van der Waals surface area contributed by atoms with Crippen LogP contribution in [0.15, 0.2) is 40.8 Å². The summed E-state index contributed by atoms with van der Waals surface area (Å²) in [6.45, 7) is 3.93. The van der Waals surface area contributed by atoms with Crippen molar-refractivity contribution in [3.63, 3.8) is 0 Å². The lowest BCUT2D eigenvalue weighted by Gasteiger charge is -2.06. The molecule has 0 saturated carbocycles. The van der Waals surface area contributed by atoms with Crippen LogP contribution in [0.1, 0.15) is 33.3 Å². The molecule has 28 heavy (non-hydrogen) atoms. The lowest BCUT2D eigenvalue weighted by atomic mass is 10.2. The quantitative estimate of drug-likeness (QED) is 0.495. The average Bonchev–Trinajstić information content (AvgIpc) is 3.24. The second-order valence-electron chi connectivity index (χ2n) is 6.37. The maximum atomic E-state index is 12.2. The van der Waals surface area contributed by atoms with Crippen molar-refractivity contribution in [2.24, 2.45) is 7.05 Å². The summed E-state index contributed by atoms with van der Waals surface area (Å²) in [5.41, 5.74) is 2.39. The number of nitrogens with one attached hydrogen (secondary N) is 1. The Balaban J connectivity index is 1.60. The Bertz CT molecular complexity index is 1020. The molecule has 1 N–H and O–H groups in total. The first-order chi connectivity index (χ1) is 13.3. The molecule has 0 fully saturated rings. The van der Waals surface area contributed by atoms with Gasteiger partial charge in [0.25, 0.3) is 5.91 Å². The Morgan fingerprint density at radius 2 is 2.07 bits per heavy atom. The number of hydrogen-bond donors (Lipinski definition) is 1. The van der Waals surface area contributed by atoms with E-state index in [-0.39, 0.29) is 29.7 Å². The van der Waals surface area contributed by atoms with Crippen molar-refractivity contribution in [3.8, 4) is 5.75 Å². The minimum atomic E-state index is -0.497. The van der Waals surface area contributed by atoms with Crippen LogP contribution < -0.4 is 10.1 Å². The molecule has 0 aliphatic rings. The highest BCUT2D eigenvalue weighted by atomic mass is 16.6. The summed E-state index contributed by atoms with van der Waals surface area (Å²) in [5, 5.41) is 18.1. The molecule has 1 aromatic carbocycles. The molecule has 3 rings (SSSR count). The van der Waals surface area contributed by atoms with Crippen molar-refractivity contribution in [3.05, 3.63) is 75.0 Å². The number of aromatic nitrogens is 2. The highest BCUT2D eigenvalue weighted by Gasteiger charge is 2.17. The van der Waals surface area contributed by atoms with Gasteiger partial charge in [-0.1, -0.05) is 6.07 Å². The fraction of sp³-hybridized carbons (Fsp3) is 0.263. The third kappa shape index (κ3) is 4.37. The molecule has 146 valence electrons. The Labute approximate surface area is 161 Å². The van der Waals surface area contributed by atoms with E-state index in [1.165, 1.54) is 12.1 Å². The SMILES string of the molecule is Cc1ccc(OCc2ccc(C(=O)NCc3cc(C)nn3C)o2)c([N+](=O)[O-])c1. The van der Waals surface area contributed by atoms with Gasteiger partial charge < -0.3 is 14.5 Å². The summed E-state index contributed by atoms with van der Waals surface area (Å²) in [7, 11) is 1.81. The third-order valence-corrected chi connectivity index (χ3v) is 4.10. The summed E-state index contributed by atoms with van der Waals surface area (Å²) in [5.74, 6) is 0.295. The molecule has 2 heterocycles. The molecule has 2 aromatic heterocycles. The van der Waals surface area contributed by atoms with Gasteiger partial charge in [-0.15, -0.1) is 0 Å². The summed E-state index contributed by atoms with van der Waals surface area (Å²) in [6, 6.07) is 9.73. The molecule has 0 bridgehead atoms. The molecule has 9 nitrogen and oxygen atoms in total. The van der Waals surface area contributed by atoms with Crippen LogP contribution in [0.2, 0.25) is 0 Å². The van der Waals surface area contributed by atoms with Crippen molar-refractivity contribution in [1.82, 2.24) is 15.1 Å². The van der Waals surface area contributed by atoms with E-state index in [9.17, 15) is 14.9 Å². The normalized spacial score (nSPS) is 10.7. The molecule has 0 radical (unpaired) electrons. The first-order valence-corrected chi connectivity index (χ1v) is 8.58. The first kappa shape index (κ1) is 19.2. The molecule has 0 aliphatic heterocycles. The van der Waals surface area contributed by atoms with Crippen molar-refractivity contribution in [1.29, 1.82) is 0 Å². The van der Waals surface area contributed by atoms with E-state index >= 15 is 0 Å². The van der Waals surface area contributed by atoms with E-state index < -0.39 is 4.92 Å². The lowest BCUT2D eigenvalue weighted by molar-refractivity contribution is -0.386. The average molecular weight is 384 g/mol. The van der Waals surface area contributed by atoms with Crippen molar-refractivity contribution in [2.75, 3.05) is 0 Å². The van der Waals surface area contributed by atoms with Crippen LogP contribution in [0.4, 0.5) is 5.69 Å². The first-order valence-electron chi connectivity index (χ1n) is 8.58. The molecule has 0 saturated heterocycles. The van der Waals surface area contributed by atoms with Crippen LogP contribution in [0.3, 0.4) is 0 Å². The molecular weight excluding hydrogens is 364 g/mol. The Kier molecular flexibility index (Phi) is 5.44. The van der Waals surface area contributed by atoms with Crippen LogP contribution in [0.25, 0.3) is 0 Å². The van der Waals surface area contributed by atoms with Crippen LogP contribution in [0.5, 0.6) is 5.75 Å². The van der Waals surface area contributed by atoms with Gasteiger partial charge in [0.2, 0.25) is 0 Å². The fourth-order valence-electron chi connectivity index (χ4n) is 2.71. The van der Waals surface area contributed by atoms with Crippen LogP contribution in [0, 0.1) is 24.0 Å². The molecule has 3 aromatic rings. The molecule has 1 amide bonds. The Morgan fingerprint density at radius 1 is 1.29 bits per heavy atom. The molecule has 9 heteroatoms. The van der Waals surface area contributed by atoms with Crippen molar-refractivity contribution in [2.45, 2.75) is 27.0 Å². The summed E-state index contributed by atoms with van der Waals surface area (Å²) < 4.78 is 12.7. The zero-order valence-corrected chi connectivity index (χ0v) is 15.8. The molecule has 0 atom stereocenters. The van der Waals surface area contributed by atoms with Gasteiger partial charge in [-0.25, -0.2) is 0 Å². The highest BCUT2D eigenvalue weighted by Crippen LogP contribution is 2.28. The summed E-state index contributed by atoms with van der Waals surface area (Å²) >= 11 is 0. The van der Waals surface area contributed by atoms with E-state index in [0.717, 1.165) is 17.0 Å². The number of rotatable bonds is 7. The summed E-state index contributed by atoms with van der Waals surface area (Å²) in [4.78, 5) is 22.9. The number of carbonyl (C=O) groups excluding carboxylic acids is 1. The Hall–Kier alpha value is -3.62. The van der Waals surface area contributed by atoms with Gasteiger partial charge in [0.1, 0.15) is 12.4 Å². The van der Waals surface area contributed by atoms with Gasteiger partial charge in [-0.2, -0.15) is 5.10 Å². The third-order valence-electron chi connectivity index (χ3n) is 4.10. The smallest absolute Gasteiger partial charge is 0.311 e. The van der Waals surface area contributed by atoms with Gasteiger partial charge in [0, 0.05) is 13.1 Å². The van der Waals surface area contributed by atoms with E-state index in [1.807, 2.05) is 13.0 Å². The van der Waals surface area contributed by atoms with E-state index in [0.29, 0.717) is 12.3 Å². The second-order valence-corrected chi connectivity index (χ2v) is 6.37. The zero-order chi connectivity index (χ0) is 20.3. The largest absolute Gasteiger partial charge is 0.479 e. The van der Waals surface area contributed by atoms with Crippen LogP contribution in [-0.2, 0) is 20.2 Å². The van der Waals surface area contributed by atoms with Crippen molar-refractivity contribution < 1.29 is 18.9 Å². The van der Waals surface area contributed by atoms with Gasteiger partial charge in [0.05, 0.1) is 22.9 Å². The Morgan fingerprint density at radius 3 is 2.75 bits per heavy atom. The zero-order valence-electron chi connectivity index (χ0n) is 15.8. The van der Waals surface area contributed by atoms with Crippen LogP contribution >= 0.6 is 0 Å². The van der Waals surface area contributed by atoms with Gasteiger partial charge in [0.15, 0.2) is 11.5 Å². The van der Waals surface area contributed by atoms with E-state index in [4.69, 9.17) is 9.15 Å². The fourth-order valence-corrected chi connectivity index (χ4v) is 2.71. The number of nitro groups is 1. The standard InChI is InChI=1S/C19H20N4O5/c1-12-4-6-17(16(8-12)23(25)26)27-11-15-5-7-18(28-15)19(24)20-10-14-9-13(2)21-22(14)3/h4-9H,10-11H2,1-3H3,(H,20,24). The molecular formula is C19H20N4O5. The number of aryl methyl sites for hydroxylation is 3. The van der Waals surface area contributed by atoms with Gasteiger partial charge in [-0.3, -0.25) is 19.6 Å². The number of amides is 1.